The van der Waals surface area contributed by atoms with Gasteiger partial charge in [0, 0.05) is 6.07 Å². The van der Waals surface area contributed by atoms with Crippen molar-refractivity contribution in [3.63, 3.8) is 0 Å². The third-order valence-electron chi connectivity index (χ3n) is 3.03. The first-order chi connectivity index (χ1) is 11.5. The summed E-state index contributed by atoms with van der Waals surface area (Å²) in [6.07, 6.45) is -5.09. The molecular formula is C13H6Cl2F3N3O4. The van der Waals surface area contributed by atoms with Gasteiger partial charge in [-0.3, -0.25) is 20.2 Å². The van der Waals surface area contributed by atoms with Gasteiger partial charge in [-0.2, -0.15) is 13.2 Å². The largest absolute Gasteiger partial charge is 0.418 e. The Balaban J connectivity index is 2.75. The van der Waals surface area contributed by atoms with Gasteiger partial charge in [-0.05, 0) is 12.1 Å². The van der Waals surface area contributed by atoms with E-state index in [4.69, 9.17) is 23.2 Å². The first-order valence-corrected chi connectivity index (χ1v) is 7.03. The average molecular weight is 396 g/mol. The second kappa shape index (κ2) is 6.73. The Hall–Kier alpha value is -2.59. The fraction of sp³-hybridized carbons (Fsp3) is 0.0769. The lowest BCUT2D eigenvalue weighted by Crippen LogP contribution is -2.12. The maximum absolute atomic E-state index is 13.3. The zero-order valence-corrected chi connectivity index (χ0v) is 13.3. The number of alkyl halides is 3. The van der Waals surface area contributed by atoms with Gasteiger partial charge in [0.05, 0.1) is 37.2 Å². The molecule has 0 amide bonds. The van der Waals surface area contributed by atoms with E-state index >= 15 is 0 Å². The molecule has 0 heterocycles. The number of non-ortho nitro benzene ring substituents is 1. The number of nitrogens with one attached hydrogen (secondary N) is 1. The number of hydrogen-bond donors (Lipinski definition) is 1. The van der Waals surface area contributed by atoms with Crippen molar-refractivity contribution < 1.29 is 23.0 Å². The summed E-state index contributed by atoms with van der Waals surface area (Å²) in [7, 11) is 0. The third kappa shape index (κ3) is 3.91. The molecule has 2 aromatic rings. The number of nitro benzene ring substituents is 2. The molecule has 0 radical (unpaired) electrons. The van der Waals surface area contributed by atoms with Gasteiger partial charge in [-0.15, -0.1) is 0 Å². The predicted octanol–water partition coefficient (Wildman–Crippen LogP) is 5.57. The SMILES string of the molecule is O=[N+]([O-])c1cc([N+](=O)[O-])c(Nc2cccc(Cl)c2Cl)c(C(F)(F)F)c1. The van der Waals surface area contributed by atoms with E-state index in [0.29, 0.717) is 6.07 Å². The molecule has 0 aliphatic carbocycles. The highest BCUT2D eigenvalue weighted by Crippen LogP contribution is 2.44. The Bertz CT molecular complexity index is 874. The highest BCUT2D eigenvalue weighted by atomic mass is 35.5. The number of halogens is 5. The molecule has 2 rings (SSSR count). The molecule has 0 saturated carbocycles. The second-order valence-electron chi connectivity index (χ2n) is 4.63. The van der Waals surface area contributed by atoms with E-state index in [0.717, 1.165) is 0 Å². The van der Waals surface area contributed by atoms with E-state index < -0.39 is 38.6 Å². The lowest BCUT2D eigenvalue weighted by atomic mass is 10.1. The molecule has 0 aromatic heterocycles. The molecule has 0 aliphatic heterocycles. The average Bonchev–Trinajstić information content (AvgIpc) is 2.50. The van der Waals surface area contributed by atoms with Crippen molar-refractivity contribution in [2.45, 2.75) is 6.18 Å². The van der Waals surface area contributed by atoms with Gasteiger partial charge < -0.3 is 5.32 Å². The quantitative estimate of drug-likeness (QED) is 0.538. The van der Waals surface area contributed by atoms with Gasteiger partial charge in [-0.25, -0.2) is 0 Å². The van der Waals surface area contributed by atoms with Crippen LogP contribution >= 0.6 is 23.2 Å². The summed E-state index contributed by atoms with van der Waals surface area (Å²) in [5.41, 5.74) is -4.88. The predicted molar refractivity (Wildman–Crippen MR) is 84.5 cm³/mol. The molecule has 25 heavy (non-hydrogen) atoms. The lowest BCUT2D eigenvalue weighted by molar-refractivity contribution is -0.394. The van der Waals surface area contributed by atoms with E-state index in [-0.39, 0.29) is 21.8 Å². The van der Waals surface area contributed by atoms with Crippen molar-refractivity contribution in [3.8, 4) is 0 Å². The summed E-state index contributed by atoms with van der Waals surface area (Å²) in [5, 5.41) is 24.0. The Morgan fingerprint density at radius 2 is 1.68 bits per heavy atom. The fourth-order valence-electron chi connectivity index (χ4n) is 1.95. The molecule has 0 bridgehead atoms. The maximum atomic E-state index is 13.3. The molecule has 0 saturated heterocycles. The van der Waals surface area contributed by atoms with Crippen LogP contribution in [0.15, 0.2) is 30.3 Å². The number of rotatable bonds is 4. The summed E-state index contributed by atoms with van der Waals surface area (Å²) < 4.78 is 39.8. The van der Waals surface area contributed by atoms with Gasteiger partial charge in [0.25, 0.3) is 11.4 Å². The van der Waals surface area contributed by atoms with Crippen LogP contribution in [-0.4, -0.2) is 9.85 Å². The van der Waals surface area contributed by atoms with Crippen LogP contribution in [0, 0.1) is 20.2 Å². The summed E-state index contributed by atoms with van der Waals surface area (Å²) in [6, 6.07) is 4.61. The minimum absolute atomic E-state index is 0.00444. The fourth-order valence-corrected chi connectivity index (χ4v) is 2.30. The van der Waals surface area contributed by atoms with E-state index in [1.165, 1.54) is 18.2 Å². The van der Waals surface area contributed by atoms with Crippen LogP contribution in [0.4, 0.5) is 35.9 Å². The minimum Gasteiger partial charge on any atom is -0.348 e. The van der Waals surface area contributed by atoms with Crippen LogP contribution in [0.5, 0.6) is 0 Å². The molecule has 0 atom stereocenters. The highest BCUT2D eigenvalue weighted by molar-refractivity contribution is 6.43. The minimum atomic E-state index is -5.09. The van der Waals surface area contributed by atoms with Gasteiger partial charge in [-0.1, -0.05) is 29.3 Å². The molecule has 132 valence electrons. The third-order valence-corrected chi connectivity index (χ3v) is 3.85. The number of nitrogens with zero attached hydrogens (tertiary/aromatic N) is 2. The Morgan fingerprint density at radius 1 is 1.04 bits per heavy atom. The Morgan fingerprint density at radius 3 is 2.20 bits per heavy atom. The monoisotopic (exact) mass is 395 g/mol. The van der Waals surface area contributed by atoms with Crippen molar-refractivity contribution in [2.24, 2.45) is 0 Å². The van der Waals surface area contributed by atoms with E-state index in [1.54, 1.807) is 0 Å². The summed E-state index contributed by atoms with van der Waals surface area (Å²) >= 11 is 11.6. The molecule has 7 nitrogen and oxygen atoms in total. The van der Waals surface area contributed by atoms with Crippen LogP contribution in [0.3, 0.4) is 0 Å². The van der Waals surface area contributed by atoms with Crippen LogP contribution in [0.25, 0.3) is 0 Å². The molecule has 12 heteroatoms. The van der Waals surface area contributed by atoms with Crippen molar-refractivity contribution in [1.29, 1.82) is 0 Å². The van der Waals surface area contributed by atoms with Crippen LogP contribution < -0.4 is 5.32 Å². The number of benzene rings is 2. The first-order valence-electron chi connectivity index (χ1n) is 6.27. The van der Waals surface area contributed by atoms with Gasteiger partial charge >= 0.3 is 6.18 Å². The lowest BCUT2D eigenvalue weighted by Gasteiger charge is -2.15. The highest BCUT2D eigenvalue weighted by Gasteiger charge is 2.39. The topological polar surface area (TPSA) is 98.3 Å². The van der Waals surface area contributed by atoms with Crippen molar-refractivity contribution in [3.05, 3.63) is 66.2 Å². The normalized spacial score (nSPS) is 11.2. The molecular weight excluding hydrogens is 390 g/mol. The van der Waals surface area contributed by atoms with Crippen LogP contribution in [0.1, 0.15) is 5.56 Å². The Kier molecular flexibility index (Phi) is 5.04. The summed E-state index contributed by atoms with van der Waals surface area (Å²) in [6.45, 7) is 0. The smallest absolute Gasteiger partial charge is 0.348 e. The number of nitro groups is 2. The van der Waals surface area contributed by atoms with Crippen molar-refractivity contribution >= 4 is 46.0 Å². The van der Waals surface area contributed by atoms with E-state index in [9.17, 15) is 33.4 Å². The standard InChI is InChI=1S/C13H6Cl2F3N3O4/c14-8-2-1-3-9(11(8)15)19-12-7(13(16,17)18)4-6(20(22)23)5-10(12)21(24)25/h1-5,19H. The van der Waals surface area contributed by atoms with Crippen molar-refractivity contribution in [1.82, 2.24) is 0 Å². The second-order valence-corrected chi connectivity index (χ2v) is 5.41. The molecule has 1 N–H and O–H groups in total. The molecule has 0 unspecified atom stereocenters. The van der Waals surface area contributed by atoms with Gasteiger partial charge in [0.2, 0.25) is 0 Å². The summed E-state index contributed by atoms with van der Waals surface area (Å²) in [4.78, 5) is 19.6. The molecule has 0 aliphatic rings. The molecule has 2 aromatic carbocycles. The van der Waals surface area contributed by atoms with E-state index in [2.05, 4.69) is 5.32 Å². The summed E-state index contributed by atoms with van der Waals surface area (Å²) in [5.74, 6) is 0. The van der Waals surface area contributed by atoms with E-state index in [1.807, 2.05) is 0 Å². The maximum Gasteiger partial charge on any atom is 0.418 e. The number of hydrogen-bond acceptors (Lipinski definition) is 5. The number of anilines is 2. The van der Waals surface area contributed by atoms with Gasteiger partial charge in [0.1, 0.15) is 5.69 Å². The van der Waals surface area contributed by atoms with Crippen LogP contribution in [0.2, 0.25) is 10.0 Å². The Labute approximate surface area is 147 Å². The zero-order chi connectivity index (χ0) is 18.9. The van der Waals surface area contributed by atoms with Crippen molar-refractivity contribution in [2.75, 3.05) is 5.32 Å². The molecule has 0 spiro atoms. The first kappa shape index (κ1) is 18.7. The zero-order valence-electron chi connectivity index (χ0n) is 11.8. The van der Waals surface area contributed by atoms with Gasteiger partial charge in [0.15, 0.2) is 0 Å². The van der Waals surface area contributed by atoms with Crippen LogP contribution in [-0.2, 0) is 6.18 Å². The molecule has 0 fully saturated rings.